The Kier molecular flexibility index (Phi) is 5.15. The maximum atomic E-state index is 12.0. The SMILES string of the molecule is C/C(=N\NC(=O)Cn1nnc(-c2ccccc2)n1)c1ccccc1Cl. The van der Waals surface area contributed by atoms with Crippen LogP contribution in [0.15, 0.2) is 59.7 Å². The van der Waals surface area contributed by atoms with Crippen molar-refractivity contribution in [2.75, 3.05) is 0 Å². The smallest absolute Gasteiger partial charge is 0.263 e. The third-order valence-corrected chi connectivity index (χ3v) is 3.71. The summed E-state index contributed by atoms with van der Waals surface area (Å²) in [6.07, 6.45) is 0. The first kappa shape index (κ1) is 16.8. The number of hydrazone groups is 1. The van der Waals surface area contributed by atoms with Gasteiger partial charge in [0.1, 0.15) is 6.54 Å². The molecular weight excluding hydrogens is 340 g/mol. The Morgan fingerprint density at radius 3 is 2.64 bits per heavy atom. The molecular formula is C17H15ClN6O. The van der Waals surface area contributed by atoms with Crippen LogP contribution in [0, 0.1) is 0 Å². The van der Waals surface area contributed by atoms with Crippen molar-refractivity contribution >= 4 is 23.2 Å². The molecule has 1 N–H and O–H groups in total. The summed E-state index contributed by atoms with van der Waals surface area (Å²) in [5, 5.41) is 16.6. The number of carbonyl (C=O) groups excluding carboxylic acids is 1. The topological polar surface area (TPSA) is 85.1 Å². The molecule has 0 fully saturated rings. The molecule has 3 aromatic rings. The van der Waals surface area contributed by atoms with Gasteiger partial charge in [0.25, 0.3) is 5.91 Å². The third kappa shape index (κ3) is 4.27. The Bertz CT molecular complexity index is 906. The lowest BCUT2D eigenvalue weighted by Gasteiger charge is -2.04. The number of carbonyl (C=O) groups is 1. The minimum absolute atomic E-state index is 0.0842. The molecule has 1 aromatic heterocycles. The Morgan fingerprint density at radius 1 is 1.16 bits per heavy atom. The molecule has 0 radical (unpaired) electrons. The molecule has 25 heavy (non-hydrogen) atoms. The molecule has 0 saturated heterocycles. The van der Waals surface area contributed by atoms with Crippen LogP contribution in [0.3, 0.4) is 0 Å². The zero-order valence-electron chi connectivity index (χ0n) is 13.4. The van der Waals surface area contributed by atoms with E-state index in [1.807, 2.05) is 48.5 Å². The summed E-state index contributed by atoms with van der Waals surface area (Å²) in [6.45, 7) is 1.68. The van der Waals surface area contributed by atoms with Crippen LogP contribution in [-0.2, 0) is 11.3 Å². The maximum absolute atomic E-state index is 12.0. The number of halogens is 1. The first-order valence-electron chi connectivity index (χ1n) is 7.55. The third-order valence-electron chi connectivity index (χ3n) is 3.38. The van der Waals surface area contributed by atoms with Crippen molar-refractivity contribution in [3.05, 3.63) is 65.2 Å². The minimum Gasteiger partial charge on any atom is -0.271 e. The van der Waals surface area contributed by atoms with Crippen LogP contribution in [0.5, 0.6) is 0 Å². The van der Waals surface area contributed by atoms with Crippen LogP contribution >= 0.6 is 11.6 Å². The fourth-order valence-electron chi connectivity index (χ4n) is 2.14. The van der Waals surface area contributed by atoms with Crippen molar-refractivity contribution < 1.29 is 4.79 Å². The highest BCUT2D eigenvalue weighted by Crippen LogP contribution is 2.15. The Labute approximate surface area is 149 Å². The molecule has 3 rings (SSSR count). The Balaban J connectivity index is 1.63. The highest BCUT2D eigenvalue weighted by molar-refractivity contribution is 6.34. The van der Waals surface area contributed by atoms with E-state index in [2.05, 4.69) is 25.9 Å². The molecule has 8 heteroatoms. The molecule has 0 aliphatic heterocycles. The van der Waals surface area contributed by atoms with E-state index < -0.39 is 0 Å². The van der Waals surface area contributed by atoms with Gasteiger partial charge in [0.05, 0.1) is 5.71 Å². The van der Waals surface area contributed by atoms with Gasteiger partial charge >= 0.3 is 0 Å². The van der Waals surface area contributed by atoms with Gasteiger partial charge in [-0.1, -0.05) is 60.1 Å². The van der Waals surface area contributed by atoms with E-state index in [4.69, 9.17) is 11.6 Å². The fourth-order valence-corrected chi connectivity index (χ4v) is 2.41. The van der Waals surface area contributed by atoms with E-state index in [0.717, 1.165) is 11.1 Å². The van der Waals surface area contributed by atoms with Crippen molar-refractivity contribution in [2.45, 2.75) is 13.5 Å². The molecule has 126 valence electrons. The number of benzene rings is 2. The predicted molar refractivity (Wildman–Crippen MR) is 95.1 cm³/mol. The molecule has 0 atom stereocenters. The minimum atomic E-state index is -0.358. The first-order chi connectivity index (χ1) is 12.1. The van der Waals surface area contributed by atoms with E-state index >= 15 is 0 Å². The summed E-state index contributed by atoms with van der Waals surface area (Å²) in [5.41, 5.74) is 4.67. The van der Waals surface area contributed by atoms with Gasteiger partial charge in [0.2, 0.25) is 5.82 Å². The number of hydrogen-bond donors (Lipinski definition) is 1. The highest BCUT2D eigenvalue weighted by atomic mass is 35.5. The van der Waals surface area contributed by atoms with Crippen molar-refractivity contribution in [1.29, 1.82) is 0 Å². The molecule has 1 heterocycles. The van der Waals surface area contributed by atoms with Crippen molar-refractivity contribution in [3.8, 4) is 11.4 Å². The summed E-state index contributed by atoms with van der Waals surface area (Å²) in [6, 6.07) is 16.7. The molecule has 0 spiro atoms. The van der Waals surface area contributed by atoms with E-state index in [0.29, 0.717) is 16.6 Å². The average molecular weight is 355 g/mol. The average Bonchev–Trinajstić information content (AvgIpc) is 3.09. The van der Waals surface area contributed by atoms with Gasteiger partial charge in [-0.05, 0) is 18.2 Å². The van der Waals surface area contributed by atoms with Gasteiger partial charge < -0.3 is 0 Å². The van der Waals surface area contributed by atoms with Crippen LogP contribution in [0.4, 0.5) is 0 Å². The molecule has 0 saturated carbocycles. The van der Waals surface area contributed by atoms with Crippen molar-refractivity contribution in [1.82, 2.24) is 25.6 Å². The first-order valence-corrected chi connectivity index (χ1v) is 7.92. The zero-order valence-corrected chi connectivity index (χ0v) is 14.2. The fraction of sp³-hybridized carbons (Fsp3) is 0.118. The number of hydrogen-bond acceptors (Lipinski definition) is 5. The van der Waals surface area contributed by atoms with Crippen LogP contribution in [0.25, 0.3) is 11.4 Å². The lowest BCUT2D eigenvalue weighted by molar-refractivity contribution is -0.122. The van der Waals surface area contributed by atoms with Gasteiger partial charge in [-0.15, -0.1) is 10.2 Å². The molecule has 0 aliphatic rings. The number of amides is 1. The van der Waals surface area contributed by atoms with Gasteiger partial charge in [-0.3, -0.25) is 4.79 Å². The largest absolute Gasteiger partial charge is 0.271 e. The Morgan fingerprint density at radius 2 is 1.88 bits per heavy atom. The van der Waals surface area contributed by atoms with Crippen LogP contribution in [0.1, 0.15) is 12.5 Å². The Hall–Kier alpha value is -3.06. The number of nitrogens with zero attached hydrogens (tertiary/aromatic N) is 5. The summed E-state index contributed by atoms with van der Waals surface area (Å²) < 4.78 is 0. The summed E-state index contributed by atoms with van der Waals surface area (Å²) in [5.74, 6) is 0.104. The highest BCUT2D eigenvalue weighted by Gasteiger charge is 2.09. The normalized spacial score (nSPS) is 11.4. The second-order valence-electron chi connectivity index (χ2n) is 5.22. The van der Waals surface area contributed by atoms with E-state index in [1.165, 1.54) is 4.80 Å². The molecule has 0 aliphatic carbocycles. The lowest BCUT2D eigenvalue weighted by atomic mass is 10.1. The number of aromatic nitrogens is 4. The van der Waals surface area contributed by atoms with Crippen molar-refractivity contribution in [2.24, 2.45) is 5.10 Å². The van der Waals surface area contributed by atoms with E-state index in [1.54, 1.807) is 13.0 Å². The van der Waals surface area contributed by atoms with Crippen LogP contribution in [0.2, 0.25) is 5.02 Å². The van der Waals surface area contributed by atoms with Gasteiger partial charge in [-0.2, -0.15) is 9.90 Å². The summed E-state index contributed by atoms with van der Waals surface area (Å²) in [4.78, 5) is 13.2. The second-order valence-corrected chi connectivity index (χ2v) is 5.63. The summed E-state index contributed by atoms with van der Waals surface area (Å²) >= 11 is 6.10. The van der Waals surface area contributed by atoms with Gasteiger partial charge in [0.15, 0.2) is 0 Å². The van der Waals surface area contributed by atoms with Crippen LogP contribution in [-0.4, -0.2) is 31.8 Å². The summed E-state index contributed by atoms with van der Waals surface area (Å²) in [7, 11) is 0. The number of tetrazole rings is 1. The van der Waals surface area contributed by atoms with Gasteiger partial charge in [-0.25, -0.2) is 5.43 Å². The van der Waals surface area contributed by atoms with E-state index in [-0.39, 0.29) is 12.5 Å². The quantitative estimate of drug-likeness (QED) is 0.563. The number of rotatable bonds is 5. The molecule has 0 unspecified atom stereocenters. The molecule has 1 amide bonds. The monoisotopic (exact) mass is 354 g/mol. The lowest BCUT2D eigenvalue weighted by Crippen LogP contribution is -2.25. The number of nitrogens with one attached hydrogen (secondary N) is 1. The van der Waals surface area contributed by atoms with Crippen LogP contribution < -0.4 is 5.43 Å². The molecule has 7 nitrogen and oxygen atoms in total. The molecule has 0 bridgehead atoms. The standard InChI is InChI=1S/C17H15ClN6O/c1-12(14-9-5-6-10-15(14)18)19-20-16(25)11-24-22-17(21-23-24)13-7-3-2-4-8-13/h2-10H,11H2,1H3,(H,20,25)/b19-12+. The molecule has 2 aromatic carbocycles. The van der Waals surface area contributed by atoms with Gasteiger partial charge in [0, 0.05) is 16.1 Å². The predicted octanol–water partition coefficient (Wildman–Crippen LogP) is 2.53. The van der Waals surface area contributed by atoms with Crippen molar-refractivity contribution in [3.63, 3.8) is 0 Å². The maximum Gasteiger partial charge on any atom is 0.263 e. The van der Waals surface area contributed by atoms with E-state index in [9.17, 15) is 4.79 Å². The second kappa shape index (κ2) is 7.67. The zero-order chi connectivity index (χ0) is 17.6.